The maximum absolute atomic E-state index is 13.2. The van der Waals surface area contributed by atoms with Crippen LogP contribution in [0.1, 0.15) is 38.7 Å². The first-order valence-corrected chi connectivity index (χ1v) is 9.48. The van der Waals surface area contributed by atoms with Crippen molar-refractivity contribution in [2.24, 2.45) is 5.92 Å². The standard InChI is InChI=1S/C17H23N3O3S/c1-12-5-8-16(19-14(3)21)11-17(12)24(22,23)20(10-4-9-18)13(2)15-6-7-15/h5,8,11,13,15H,4,6-7,10H2,1-3H3,(H,19,21)/t13-/m0/s1. The quantitative estimate of drug-likeness (QED) is 0.819. The van der Waals surface area contributed by atoms with E-state index in [0.29, 0.717) is 17.2 Å². The zero-order chi connectivity index (χ0) is 17.9. The molecule has 0 unspecified atom stereocenters. The average Bonchev–Trinajstić information content (AvgIpc) is 3.33. The van der Waals surface area contributed by atoms with Crippen LogP contribution in [0.15, 0.2) is 23.1 Å². The fraction of sp³-hybridized carbons (Fsp3) is 0.529. The monoisotopic (exact) mass is 349 g/mol. The molecule has 1 aliphatic rings. The number of carbonyl (C=O) groups is 1. The van der Waals surface area contributed by atoms with Crippen LogP contribution in [-0.2, 0) is 14.8 Å². The lowest BCUT2D eigenvalue weighted by Gasteiger charge is -2.28. The Bertz CT molecular complexity index is 764. The minimum atomic E-state index is -3.74. The molecule has 0 spiro atoms. The highest BCUT2D eigenvalue weighted by atomic mass is 32.2. The third-order valence-electron chi connectivity index (χ3n) is 4.30. The second kappa shape index (κ2) is 7.32. The predicted octanol–water partition coefficient (Wildman–Crippen LogP) is 2.66. The maximum Gasteiger partial charge on any atom is 0.243 e. The van der Waals surface area contributed by atoms with E-state index < -0.39 is 10.0 Å². The van der Waals surface area contributed by atoms with Gasteiger partial charge in [-0.3, -0.25) is 4.79 Å². The van der Waals surface area contributed by atoms with E-state index in [0.717, 1.165) is 12.8 Å². The van der Waals surface area contributed by atoms with E-state index in [1.807, 2.05) is 13.0 Å². The zero-order valence-electron chi connectivity index (χ0n) is 14.2. The molecule has 1 saturated carbocycles. The molecule has 1 N–H and O–H groups in total. The van der Waals surface area contributed by atoms with Gasteiger partial charge >= 0.3 is 0 Å². The fourth-order valence-corrected chi connectivity index (χ4v) is 4.75. The highest BCUT2D eigenvalue weighted by Gasteiger charge is 2.38. The van der Waals surface area contributed by atoms with Crippen LogP contribution >= 0.6 is 0 Å². The van der Waals surface area contributed by atoms with E-state index in [1.54, 1.807) is 19.1 Å². The zero-order valence-corrected chi connectivity index (χ0v) is 15.1. The molecule has 24 heavy (non-hydrogen) atoms. The SMILES string of the molecule is CC(=O)Nc1ccc(C)c(S(=O)(=O)N(CCC#N)[C@@H](C)C2CC2)c1. The number of benzene rings is 1. The summed E-state index contributed by atoms with van der Waals surface area (Å²) in [5.41, 5.74) is 1.07. The Balaban J connectivity index is 2.41. The molecule has 7 heteroatoms. The summed E-state index contributed by atoms with van der Waals surface area (Å²) in [4.78, 5) is 11.4. The largest absolute Gasteiger partial charge is 0.326 e. The summed E-state index contributed by atoms with van der Waals surface area (Å²) in [6, 6.07) is 6.75. The molecule has 6 nitrogen and oxygen atoms in total. The van der Waals surface area contributed by atoms with Crippen molar-refractivity contribution in [3.05, 3.63) is 23.8 Å². The number of hydrogen-bond donors (Lipinski definition) is 1. The molecule has 1 aromatic rings. The summed E-state index contributed by atoms with van der Waals surface area (Å²) in [5.74, 6) is 0.104. The molecule has 1 amide bonds. The molecule has 0 radical (unpaired) electrons. The lowest BCUT2D eigenvalue weighted by molar-refractivity contribution is -0.114. The number of aryl methyl sites for hydroxylation is 1. The van der Waals surface area contributed by atoms with E-state index in [1.165, 1.54) is 17.3 Å². The van der Waals surface area contributed by atoms with Crippen molar-refractivity contribution >= 4 is 21.6 Å². The topological polar surface area (TPSA) is 90.3 Å². The number of nitriles is 1. The Hall–Kier alpha value is -1.91. The number of nitrogens with zero attached hydrogens (tertiary/aromatic N) is 2. The van der Waals surface area contributed by atoms with Gasteiger partial charge in [-0.05, 0) is 50.3 Å². The lowest BCUT2D eigenvalue weighted by Crippen LogP contribution is -2.40. The van der Waals surface area contributed by atoms with E-state index >= 15 is 0 Å². The summed E-state index contributed by atoms with van der Waals surface area (Å²) in [6.45, 7) is 5.19. The number of amides is 1. The van der Waals surface area contributed by atoms with Crippen LogP contribution in [0.5, 0.6) is 0 Å². The Morgan fingerprint density at radius 2 is 2.12 bits per heavy atom. The van der Waals surface area contributed by atoms with Gasteiger partial charge in [0.15, 0.2) is 0 Å². The van der Waals surface area contributed by atoms with Gasteiger partial charge in [-0.25, -0.2) is 8.42 Å². The van der Waals surface area contributed by atoms with Crippen molar-refractivity contribution in [1.82, 2.24) is 4.31 Å². The molecule has 0 bridgehead atoms. The van der Waals surface area contributed by atoms with E-state index in [9.17, 15) is 13.2 Å². The third kappa shape index (κ3) is 4.13. The van der Waals surface area contributed by atoms with Crippen molar-refractivity contribution in [3.8, 4) is 6.07 Å². The first-order valence-electron chi connectivity index (χ1n) is 8.04. The van der Waals surface area contributed by atoms with Crippen LogP contribution < -0.4 is 5.32 Å². The van der Waals surface area contributed by atoms with Crippen LogP contribution in [-0.4, -0.2) is 31.2 Å². The Labute approximate surface area is 143 Å². The highest BCUT2D eigenvalue weighted by Crippen LogP contribution is 2.37. The van der Waals surface area contributed by atoms with Crippen molar-refractivity contribution in [2.75, 3.05) is 11.9 Å². The molecule has 0 aromatic heterocycles. The van der Waals surface area contributed by atoms with Gasteiger partial charge in [0.25, 0.3) is 0 Å². The van der Waals surface area contributed by atoms with Crippen molar-refractivity contribution in [2.45, 2.75) is 51.0 Å². The van der Waals surface area contributed by atoms with E-state index in [4.69, 9.17) is 5.26 Å². The summed E-state index contributed by atoms with van der Waals surface area (Å²) in [5, 5.41) is 11.5. The minimum Gasteiger partial charge on any atom is -0.326 e. The Morgan fingerprint density at radius 3 is 2.67 bits per heavy atom. The smallest absolute Gasteiger partial charge is 0.243 e. The molecule has 1 fully saturated rings. The summed E-state index contributed by atoms with van der Waals surface area (Å²) >= 11 is 0. The van der Waals surface area contributed by atoms with Crippen LogP contribution in [0.4, 0.5) is 5.69 Å². The van der Waals surface area contributed by atoms with Crippen LogP contribution in [0.3, 0.4) is 0 Å². The number of rotatable bonds is 7. The second-order valence-electron chi connectivity index (χ2n) is 6.26. The molecule has 0 saturated heterocycles. The Morgan fingerprint density at radius 1 is 1.46 bits per heavy atom. The van der Waals surface area contributed by atoms with E-state index in [-0.39, 0.29) is 29.8 Å². The second-order valence-corrected chi connectivity index (χ2v) is 8.12. The summed E-state index contributed by atoms with van der Waals surface area (Å²) in [6.07, 6.45) is 2.19. The van der Waals surface area contributed by atoms with E-state index in [2.05, 4.69) is 5.32 Å². The molecule has 2 rings (SSSR count). The van der Waals surface area contributed by atoms with Crippen LogP contribution in [0.2, 0.25) is 0 Å². The number of carbonyl (C=O) groups excluding carboxylic acids is 1. The molecule has 1 aromatic carbocycles. The molecule has 1 aliphatic carbocycles. The predicted molar refractivity (Wildman–Crippen MR) is 91.8 cm³/mol. The molecular weight excluding hydrogens is 326 g/mol. The van der Waals surface area contributed by atoms with Crippen molar-refractivity contribution in [3.63, 3.8) is 0 Å². The molecular formula is C17H23N3O3S. The summed E-state index contributed by atoms with van der Waals surface area (Å²) in [7, 11) is -3.74. The van der Waals surface area contributed by atoms with Gasteiger partial charge in [0, 0.05) is 31.6 Å². The van der Waals surface area contributed by atoms with Gasteiger partial charge in [-0.15, -0.1) is 0 Å². The lowest BCUT2D eigenvalue weighted by atomic mass is 10.2. The fourth-order valence-electron chi connectivity index (χ4n) is 2.80. The molecule has 0 aliphatic heterocycles. The maximum atomic E-state index is 13.2. The Kier molecular flexibility index (Phi) is 5.62. The summed E-state index contributed by atoms with van der Waals surface area (Å²) < 4.78 is 27.8. The van der Waals surface area contributed by atoms with Gasteiger partial charge in [-0.2, -0.15) is 9.57 Å². The van der Waals surface area contributed by atoms with Gasteiger partial charge in [0.1, 0.15) is 0 Å². The molecule has 130 valence electrons. The minimum absolute atomic E-state index is 0.132. The highest BCUT2D eigenvalue weighted by molar-refractivity contribution is 7.89. The number of anilines is 1. The third-order valence-corrected chi connectivity index (χ3v) is 6.43. The van der Waals surface area contributed by atoms with Gasteiger partial charge in [-0.1, -0.05) is 6.07 Å². The number of nitrogens with one attached hydrogen (secondary N) is 1. The van der Waals surface area contributed by atoms with Crippen LogP contribution in [0.25, 0.3) is 0 Å². The van der Waals surface area contributed by atoms with Gasteiger partial charge in [0.2, 0.25) is 15.9 Å². The molecule has 0 heterocycles. The number of hydrogen-bond acceptors (Lipinski definition) is 4. The van der Waals surface area contributed by atoms with Crippen molar-refractivity contribution in [1.29, 1.82) is 5.26 Å². The first kappa shape index (κ1) is 18.4. The first-order chi connectivity index (χ1) is 11.3. The van der Waals surface area contributed by atoms with Crippen molar-refractivity contribution < 1.29 is 13.2 Å². The van der Waals surface area contributed by atoms with Gasteiger partial charge < -0.3 is 5.32 Å². The molecule has 1 atom stereocenters. The van der Waals surface area contributed by atoms with Gasteiger partial charge in [0.05, 0.1) is 11.0 Å². The average molecular weight is 349 g/mol. The normalized spacial score (nSPS) is 15.8. The van der Waals surface area contributed by atoms with Crippen LogP contribution in [0, 0.1) is 24.2 Å². The number of sulfonamides is 1.